The highest BCUT2D eigenvalue weighted by atomic mass is 16.5. The summed E-state index contributed by atoms with van der Waals surface area (Å²) in [5.41, 5.74) is 2.06. The SMILES string of the molecule is CC(C)(CNC(=O)c1cc2ccc(Oc3ccc(C(C)(C)C)cc3)cc2c(CC2CCCC2)n1)CC(=O)O. The number of aromatic nitrogens is 1. The van der Waals surface area contributed by atoms with Gasteiger partial charge in [-0.25, -0.2) is 4.98 Å². The van der Waals surface area contributed by atoms with Crippen molar-refractivity contribution < 1.29 is 19.4 Å². The van der Waals surface area contributed by atoms with E-state index in [2.05, 4.69) is 38.2 Å². The fraction of sp³-hybridized carbons (Fsp3) is 0.469. The van der Waals surface area contributed by atoms with Gasteiger partial charge in [0.2, 0.25) is 0 Å². The highest BCUT2D eigenvalue weighted by Gasteiger charge is 2.24. The lowest BCUT2D eigenvalue weighted by Crippen LogP contribution is -2.35. The fourth-order valence-electron chi connectivity index (χ4n) is 5.16. The maximum Gasteiger partial charge on any atom is 0.303 e. The minimum atomic E-state index is -0.880. The van der Waals surface area contributed by atoms with E-state index in [1.165, 1.54) is 31.2 Å². The highest BCUT2D eigenvalue weighted by Crippen LogP contribution is 2.33. The number of fused-ring (bicyclic) bond motifs is 1. The van der Waals surface area contributed by atoms with Gasteiger partial charge in [-0.1, -0.05) is 78.5 Å². The first-order valence-corrected chi connectivity index (χ1v) is 13.6. The molecule has 38 heavy (non-hydrogen) atoms. The fourth-order valence-corrected chi connectivity index (χ4v) is 5.16. The first-order chi connectivity index (χ1) is 17.9. The number of carboxylic acid groups (broad SMARTS) is 1. The molecule has 1 aliphatic rings. The molecule has 0 radical (unpaired) electrons. The second-order valence-electron chi connectivity index (χ2n) is 12.5. The summed E-state index contributed by atoms with van der Waals surface area (Å²) in [4.78, 5) is 29.0. The molecule has 202 valence electrons. The third kappa shape index (κ3) is 7.12. The Morgan fingerprint density at radius 2 is 1.63 bits per heavy atom. The molecule has 1 aromatic heterocycles. The molecule has 1 fully saturated rings. The quantitative estimate of drug-likeness (QED) is 0.312. The van der Waals surface area contributed by atoms with Crippen molar-refractivity contribution in [2.75, 3.05) is 6.54 Å². The summed E-state index contributed by atoms with van der Waals surface area (Å²) < 4.78 is 6.21. The van der Waals surface area contributed by atoms with Crippen molar-refractivity contribution in [2.45, 2.75) is 78.6 Å². The Labute approximate surface area is 225 Å². The topological polar surface area (TPSA) is 88.5 Å². The van der Waals surface area contributed by atoms with Crippen LogP contribution < -0.4 is 10.1 Å². The van der Waals surface area contributed by atoms with E-state index in [4.69, 9.17) is 14.8 Å². The molecule has 2 aromatic carbocycles. The zero-order valence-corrected chi connectivity index (χ0v) is 23.3. The lowest BCUT2D eigenvalue weighted by molar-refractivity contribution is -0.139. The van der Waals surface area contributed by atoms with Crippen LogP contribution in [0, 0.1) is 11.3 Å². The summed E-state index contributed by atoms with van der Waals surface area (Å²) in [7, 11) is 0. The van der Waals surface area contributed by atoms with Crippen LogP contribution in [0.15, 0.2) is 48.5 Å². The third-order valence-electron chi connectivity index (χ3n) is 7.39. The number of rotatable bonds is 9. The van der Waals surface area contributed by atoms with Gasteiger partial charge in [0.15, 0.2) is 0 Å². The Balaban J connectivity index is 1.60. The Bertz CT molecular complexity index is 1300. The van der Waals surface area contributed by atoms with Crippen LogP contribution in [0.3, 0.4) is 0 Å². The van der Waals surface area contributed by atoms with Gasteiger partial charge < -0.3 is 15.2 Å². The molecule has 2 N–H and O–H groups in total. The number of carbonyl (C=O) groups excluding carboxylic acids is 1. The number of hydrogen-bond donors (Lipinski definition) is 2. The number of hydrogen-bond acceptors (Lipinski definition) is 4. The van der Waals surface area contributed by atoms with E-state index >= 15 is 0 Å². The van der Waals surface area contributed by atoms with Crippen LogP contribution in [0.4, 0.5) is 0 Å². The molecule has 0 spiro atoms. The number of benzene rings is 2. The predicted molar refractivity (Wildman–Crippen MR) is 151 cm³/mol. The number of carbonyl (C=O) groups is 2. The Morgan fingerprint density at radius 1 is 0.974 bits per heavy atom. The summed E-state index contributed by atoms with van der Waals surface area (Å²) in [5, 5.41) is 14.0. The molecular weight excluding hydrogens is 476 g/mol. The lowest BCUT2D eigenvalue weighted by atomic mass is 9.87. The second kappa shape index (κ2) is 11.1. The van der Waals surface area contributed by atoms with Gasteiger partial charge in [0, 0.05) is 17.6 Å². The Hall–Kier alpha value is -3.41. The van der Waals surface area contributed by atoms with Gasteiger partial charge in [0.25, 0.3) is 5.91 Å². The normalized spacial score (nSPS) is 14.6. The number of nitrogens with one attached hydrogen (secondary N) is 1. The van der Waals surface area contributed by atoms with E-state index in [-0.39, 0.29) is 24.3 Å². The number of ether oxygens (including phenoxy) is 1. The van der Waals surface area contributed by atoms with Gasteiger partial charge in [-0.2, -0.15) is 0 Å². The van der Waals surface area contributed by atoms with Crippen LogP contribution in [-0.2, 0) is 16.6 Å². The van der Waals surface area contributed by atoms with Crippen molar-refractivity contribution in [3.63, 3.8) is 0 Å². The summed E-state index contributed by atoms with van der Waals surface area (Å²) in [6.45, 7) is 10.5. The highest BCUT2D eigenvalue weighted by molar-refractivity contribution is 5.97. The predicted octanol–water partition coefficient (Wildman–Crippen LogP) is 7.29. The van der Waals surface area contributed by atoms with Crippen molar-refractivity contribution in [2.24, 2.45) is 11.3 Å². The largest absolute Gasteiger partial charge is 0.481 e. The summed E-state index contributed by atoms with van der Waals surface area (Å²) in [6, 6.07) is 16.0. The van der Waals surface area contributed by atoms with E-state index < -0.39 is 11.4 Å². The van der Waals surface area contributed by atoms with Gasteiger partial charge in [-0.15, -0.1) is 0 Å². The van der Waals surface area contributed by atoms with E-state index in [0.29, 0.717) is 11.6 Å². The van der Waals surface area contributed by atoms with Crippen LogP contribution in [0.1, 0.15) is 88.5 Å². The minimum Gasteiger partial charge on any atom is -0.481 e. The van der Waals surface area contributed by atoms with Crippen LogP contribution in [-0.4, -0.2) is 28.5 Å². The monoisotopic (exact) mass is 516 g/mol. The third-order valence-corrected chi connectivity index (χ3v) is 7.39. The zero-order valence-electron chi connectivity index (χ0n) is 23.3. The molecule has 6 heteroatoms. The van der Waals surface area contributed by atoms with Gasteiger partial charge in [-0.05, 0) is 64.5 Å². The standard InChI is InChI=1S/C32H40N2O4/c1-31(2,3)23-11-14-24(15-12-23)38-25-13-10-22-17-28(30(37)33-20-32(4,5)19-29(35)36)34-27(26(22)18-25)16-21-8-6-7-9-21/h10-15,17-18,21H,6-9,16,19-20H2,1-5H3,(H,33,37)(H,35,36). The second-order valence-corrected chi connectivity index (χ2v) is 12.5. The van der Waals surface area contributed by atoms with E-state index in [0.717, 1.165) is 34.4 Å². The average Bonchev–Trinajstić information content (AvgIpc) is 3.35. The first kappa shape index (κ1) is 27.6. The van der Waals surface area contributed by atoms with Crippen molar-refractivity contribution >= 4 is 22.6 Å². The summed E-state index contributed by atoms with van der Waals surface area (Å²) in [6.07, 6.45) is 5.64. The molecule has 0 aliphatic heterocycles. The van der Waals surface area contributed by atoms with Crippen molar-refractivity contribution in [1.29, 1.82) is 0 Å². The van der Waals surface area contributed by atoms with Crippen LogP contribution >= 0.6 is 0 Å². The molecule has 1 amide bonds. The molecule has 6 nitrogen and oxygen atoms in total. The molecule has 1 saturated carbocycles. The zero-order chi connectivity index (χ0) is 27.5. The Morgan fingerprint density at radius 3 is 2.26 bits per heavy atom. The summed E-state index contributed by atoms with van der Waals surface area (Å²) >= 11 is 0. The summed E-state index contributed by atoms with van der Waals surface area (Å²) in [5.74, 6) is 0.922. The van der Waals surface area contributed by atoms with Gasteiger partial charge in [0.05, 0.1) is 6.42 Å². The maximum absolute atomic E-state index is 13.1. The van der Waals surface area contributed by atoms with Crippen LogP contribution in [0.5, 0.6) is 11.5 Å². The molecule has 1 heterocycles. The molecule has 0 atom stereocenters. The lowest BCUT2D eigenvalue weighted by Gasteiger charge is -2.22. The first-order valence-electron chi connectivity index (χ1n) is 13.6. The molecular formula is C32H40N2O4. The van der Waals surface area contributed by atoms with Crippen LogP contribution in [0.2, 0.25) is 0 Å². The van der Waals surface area contributed by atoms with Crippen molar-refractivity contribution in [3.8, 4) is 11.5 Å². The minimum absolute atomic E-state index is 0.0208. The van der Waals surface area contributed by atoms with Gasteiger partial charge in [-0.3, -0.25) is 9.59 Å². The van der Waals surface area contributed by atoms with E-state index in [1.54, 1.807) is 0 Å². The van der Waals surface area contributed by atoms with Crippen LogP contribution in [0.25, 0.3) is 10.8 Å². The van der Waals surface area contributed by atoms with Crippen molar-refractivity contribution in [1.82, 2.24) is 10.3 Å². The molecule has 0 unspecified atom stereocenters. The number of aliphatic carboxylic acids is 1. The number of carboxylic acids is 1. The van der Waals surface area contributed by atoms with E-state index in [9.17, 15) is 9.59 Å². The number of pyridine rings is 1. The molecule has 0 saturated heterocycles. The number of amides is 1. The van der Waals surface area contributed by atoms with Crippen molar-refractivity contribution in [3.05, 3.63) is 65.5 Å². The van der Waals surface area contributed by atoms with Gasteiger partial charge >= 0.3 is 5.97 Å². The maximum atomic E-state index is 13.1. The van der Waals surface area contributed by atoms with Gasteiger partial charge in [0.1, 0.15) is 17.2 Å². The molecule has 3 aromatic rings. The average molecular weight is 517 g/mol. The number of nitrogens with zero attached hydrogens (tertiary/aromatic N) is 1. The Kier molecular flexibility index (Phi) is 8.10. The smallest absolute Gasteiger partial charge is 0.303 e. The molecule has 1 aliphatic carbocycles. The molecule has 4 rings (SSSR count). The van der Waals surface area contributed by atoms with E-state index in [1.807, 2.05) is 50.2 Å². The molecule has 0 bridgehead atoms.